The third-order valence-corrected chi connectivity index (χ3v) is 5.02. The largest absolute Gasteiger partial charge is 0.479 e. The average Bonchev–Trinajstić information content (AvgIpc) is 2.71. The Bertz CT molecular complexity index is 916. The third-order valence-electron chi connectivity index (χ3n) is 5.02. The number of carboxylic acid groups (broad SMARTS) is 1. The van der Waals surface area contributed by atoms with E-state index >= 15 is 0 Å². The Kier molecular flexibility index (Phi) is 7.72. The van der Waals surface area contributed by atoms with Crippen LogP contribution in [0.5, 0.6) is 0 Å². The summed E-state index contributed by atoms with van der Waals surface area (Å²) in [6, 6.07) is -0.520. The van der Waals surface area contributed by atoms with Crippen LogP contribution >= 0.6 is 0 Å². The van der Waals surface area contributed by atoms with Crippen LogP contribution in [0.2, 0.25) is 0 Å². The molecule has 1 aromatic heterocycles. The number of carbonyl (C=O) groups is 2. The van der Waals surface area contributed by atoms with Crippen molar-refractivity contribution < 1.29 is 19.4 Å². The summed E-state index contributed by atoms with van der Waals surface area (Å²) in [6.07, 6.45) is 2.25. The smallest absolute Gasteiger partial charge is 0.351 e. The number of amides is 1. The lowest BCUT2D eigenvalue weighted by Crippen LogP contribution is -2.55. The van der Waals surface area contributed by atoms with E-state index in [-0.39, 0.29) is 17.7 Å². The normalized spacial score (nSPS) is 22.4. The highest BCUT2D eigenvalue weighted by Crippen LogP contribution is 2.21. The van der Waals surface area contributed by atoms with Crippen LogP contribution in [-0.4, -0.2) is 69.2 Å². The highest BCUT2D eigenvalue weighted by Gasteiger charge is 2.36. The maximum absolute atomic E-state index is 12.6. The molecule has 0 bridgehead atoms. The summed E-state index contributed by atoms with van der Waals surface area (Å²) in [5, 5.41) is 19.5. The molecule has 1 aliphatic heterocycles. The number of aromatic nitrogens is 2. The van der Waals surface area contributed by atoms with Crippen molar-refractivity contribution in [3.63, 3.8) is 0 Å². The van der Waals surface area contributed by atoms with Gasteiger partial charge in [0.1, 0.15) is 5.82 Å². The molecular formula is C18H28N8O5. The van der Waals surface area contributed by atoms with Gasteiger partial charge in [0.05, 0.1) is 12.1 Å². The summed E-state index contributed by atoms with van der Waals surface area (Å²) in [4.78, 5) is 41.4. The highest BCUT2D eigenvalue weighted by molar-refractivity contribution is 5.84. The minimum atomic E-state index is -1.45. The van der Waals surface area contributed by atoms with Crippen LogP contribution in [0.3, 0.4) is 0 Å². The van der Waals surface area contributed by atoms with Crippen molar-refractivity contribution in [3.05, 3.63) is 34.9 Å². The van der Waals surface area contributed by atoms with Gasteiger partial charge in [0.25, 0.3) is 0 Å². The zero-order chi connectivity index (χ0) is 23.3. The number of ether oxygens (including phenoxy) is 1. The first-order valence-electron chi connectivity index (χ1n) is 9.53. The molecule has 0 unspecified atom stereocenters. The van der Waals surface area contributed by atoms with E-state index in [2.05, 4.69) is 10.3 Å². The van der Waals surface area contributed by atoms with Crippen molar-refractivity contribution in [1.29, 1.82) is 5.41 Å². The molecule has 9 N–H and O–H groups in total. The van der Waals surface area contributed by atoms with Crippen LogP contribution in [-0.2, 0) is 14.3 Å². The van der Waals surface area contributed by atoms with Gasteiger partial charge in [-0.2, -0.15) is 4.98 Å². The summed E-state index contributed by atoms with van der Waals surface area (Å²) in [7, 11) is 1.65. The van der Waals surface area contributed by atoms with E-state index in [1.807, 2.05) is 0 Å². The second-order valence-corrected chi connectivity index (χ2v) is 7.35. The number of carboxylic acids is 1. The Morgan fingerprint density at radius 1 is 1.45 bits per heavy atom. The van der Waals surface area contributed by atoms with Gasteiger partial charge in [-0.1, -0.05) is 13.0 Å². The molecule has 0 aliphatic carbocycles. The molecular weight excluding hydrogens is 408 g/mol. The summed E-state index contributed by atoms with van der Waals surface area (Å²) in [5.74, 6) is -2.19. The highest BCUT2D eigenvalue weighted by atomic mass is 16.5. The summed E-state index contributed by atoms with van der Waals surface area (Å²) in [6.45, 7) is 2.21. The molecule has 1 aromatic rings. The molecule has 2 rings (SSSR count). The van der Waals surface area contributed by atoms with Crippen molar-refractivity contribution in [2.75, 3.05) is 19.3 Å². The fraction of sp³-hybridized carbons (Fsp3) is 0.500. The fourth-order valence-corrected chi connectivity index (χ4v) is 2.93. The number of hydrogen-bond donors (Lipinski definition) is 6. The summed E-state index contributed by atoms with van der Waals surface area (Å²) in [5.41, 5.74) is 16.2. The quantitative estimate of drug-likeness (QED) is 0.150. The maximum Gasteiger partial charge on any atom is 0.351 e. The number of nitrogens with one attached hydrogen (secondary N) is 2. The first-order chi connectivity index (χ1) is 14.5. The molecule has 0 fully saturated rings. The van der Waals surface area contributed by atoms with Crippen molar-refractivity contribution in [1.82, 2.24) is 19.8 Å². The van der Waals surface area contributed by atoms with E-state index in [9.17, 15) is 19.5 Å². The number of aliphatic carboxylic acids is 1. The molecule has 1 aliphatic rings. The van der Waals surface area contributed by atoms with Gasteiger partial charge < -0.3 is 37.3 Å². The molecule has 170 valence electrons. The molecule has 0 saturated carbocycles. The van der Waals surface area contributed by atoms with Crippen LogP contribution in [0.1, 0.15) is 19.6 Å². The average molecular weight is 436 g/mol. The Morgan fingerprint density at radius 3 is 2.71 bits per heavy atom. The molecule has 0 spiro atoms. The Morgan fingerprint density at radius 2 is 2.13 bits per heavy atom. The number of nitrogens with zero attached hydrogens (tertiary/aromatic N) is 3. The molecule has 0 radical (unpaired) electrons. The molecule has 1 amide bonds. The van der Waals surface area contributed by atoms with Gasteiger partial charge in [0, 0.05) is 19.8 Å². The Labute approximate surface area is 178 Å². The summed E-state index contributed by atoms with van der Waals surface area (Å²) < 4.78 is 6.59. The van der Waals surface area contributed by atoms with Crippen LogP contribution in [0.25, 0.3) is 0 Å². The Hall–Kier alpha value is -3.45. The van der Waals surface area contributed by atoms with Gasteiger partial charge in [0.2, 0.25) is 5.91 Å². The minimum Gasteiger partial charge on any atom is -0.479 e. The first-order valence-corrected chi connectivity index (χ1v) is 9.53. The van der Waals surface area contributed by atoms with E-state index in [0.717, 1.165) is 4.57 Å². The maximum atomic E-state index is 12.6. The topological polar surface area (TPSA) is 216 Å². The molecule has 0 saturated heterocycles. The van der Waals surface area contributed by atoms with E-state index in [1.165, 1.54) is 29.3 Å². The van der Waals surface area contributed by atoms with Gasteiger partial charge in [0.15, 0.2) is 18.3 Å². The number of carbonyl (C=O) groups excluding carboxylic acids is 1. The number of rotatable bonds is 8. The second kappa shape index (κ2) is 10.0. The van der Waals surface area contributed by atoms with Gasteiger partial charge in [-0.05, 0) is 24.5 Å². The number of anilines is 1. The number of nitrogens with two attached hydrogens (primary N) is 3. The molecule has 13 heteroatoms. The monoisotopic (exact) mass is 436 g/mol. The lowest BCUT2D eigenvalue weighted by molar-refractivity contribution is -0.159. The van der Waals surface area contributed by atoms with Crippen molar-refractivity contribution in [2.45, 2.75) is 37.8 Å². The number of hydrogen-bond acceptors (Lipinski definition) is 8. The van der Waals surface area contributed by atoms with Crippen molar-refractivity contribution in [3.8, 4) is 0 Å². The predicted octanol–water partition coefficient (Wildman–Crippen LogP) is -1.97. The number of guanidine groups is 1. The Balaban J connectivity index is 2.07. The van der Waals surface area contributed by atoms with Crippen molar-refractivity contribution >= 4 is 23.7 Å². The molecule has 13 nitrogen and oxygen atoms in total. The zero-order valence-corrected chi connectivity index (χ0v) is 17.3. The summed E-state index contributed by atoms with van der Waals surface area (Å²) >= 11 is 0. The second-order valence-electron chi connectivity index (χ2n) is 7.35. The van der Waals surface area contributed by atoms with E-state index in [1.54, 1.807) is 14.0 Å². The lowest BCUT2D eigenvalue weighted by atomic mass is 9.97. The van der Waals surface area contributed by atoms with E-state index in [0.29, 0.717) is 13.0 Å². The van der Waals surface area contributed by atoms with Crippen LogP contribution in [0.15, 0.2) is 29.2 Å². The van der Waals surface area contributed by atoms with Gasteiger partial charge in [-0.25, -0.2) is 9.59 Å². The van der Waals surface area contributed by atoms with Gasteiger partial charge in [-0.15, -0.1) is 0 Å². The first kappa shape index (κ1) is 23.8. The standard InChI is InChI=1S/C18H28N8O5/c1-9(5-7-25(2)17(21)22)13(20)15(27)23-10-3-4-12(31-14(10)16(28)29)26-8-6-11(19)24-18(26)30/h3-4,6,8-10,12-14H,5,7,20H2,1-2H3,(H3,21,22)(H,23,27)(H,28,29)(H2,19,24,30)/t9-,10-,12-,13-,14-/m1/s1. The molecule has 2 heterocycles. The molecule has 5 atom stereocenters. The fourth-order valence-electron chi connectivity index (χ4n) is 2.93. The van der Waals surface area contributed by atoms with Crippen molar-refractivity contribution in [2.24, 2.45) is 17.4 Å². The van der Waals surface area contributed by atoms with Crippen LogP contribution in [0, 0.1) is 11.3 Å². The van der Waals surface area contributed by atoms with Gasteiger partial charge in [-0.3, -0.25) is 14.8 Å². The third kappa shape index (κ3) is 6.02. The van der Waals surface area contributed by atoms with Gasteiger partial charge >= 0.3 is 11.7 Å². The van der Waals surface area contributed by atoms with Crippen LogP contribution < -0.4 is 28.2 Å². The molecule has 31 heavy (non-hydrogen) atoms. The van der Waals surface area contributed by atoms with E-state index < -0.39 is 42.0 Å². The van der Waals surface area contributed by atoms with E-state index in [4.69, 9.17) is 27.3 Å². The minimum absolute atomic E-state index is 0.0265. The lowest BCUT2D eigenvalue weighted by Gasteiger charge is -2.32. The molecule has 0 aromatic carbocycles. The van der Waals surface area contributed by atoms with Crippen LogP contribution in [0.4, 0.5) is 5.82 Å². The zero-order valence-electron chi connectivity index (χ0n) is 17.3. The SMILES string of the molecule is C[C@H](CCN(C)C(=N)N)[C@@H](N)C(=O)N[C@@H]1C=C[C@H](n2ccc(N)nc2=O)O[C@H]1C(=O)O. The predicted molar refractivity (Wildman–Crippen MR) is 112 cm³/mol. The number of nitrogen functional groups attached to an aromatic ring is 1.